The molecule has 0 aliphatic carbocycles. The first kappa shape index (κ1) is 14.7. The first-order chi connectivity index (χ1) is 8.84. The second kappa shape index (κ2) is 5.35. The van der Waals surface area contributed by atoms with Crippen molar-refractivity contribution in [2.45, 2.75) is 50.8 Å². The fourth-order valence-corrected chi connectivity index (χ4v) is 4.86. The average molecular weight is 292 g/mol. The van der Waals surface area contributed by atoms with E-state index >= 15 is 0 Å². The summed E-state index contributed by atoms with van der Waals surface area (Å²) < 4.78 is 27.4. The maximum Gasteiger partial charge on any atom is 0.322 e. The Morgan fingerprint density at radius 3 is 2.53 bits per heavy atom. The van der Waals surface area contributed by atoms with Gasteiger partial charge in [-0.15, -0.1) is 0 Å². The molecule has 19 heavy (non-hydrogen) atoms. The molecular formula is C11H20N2O5S. The van der Waals surface area contributed by atoms with Crippen LogP contribution in [0.4, 0.5) is 0 Å². The SMILES string of the molecule is CC1CCCCN1S(=O)(=O)N1C[C@@H](O)C[C@H]1C(=O)O. The van der Waals surface area contributed by atoms with Crippen LogP contribution in [0.1, 0.15) is 32.6 Å². The molecule has 8 heteroatoms. The molecule has 0 aromatic carbocycles. The predicted octanol–water partition coefficient (Wildman–Crippen LogP) is -0.375. The van der Waals surface area contributed by atoms with Gasteiger partial charge in [0, 0.05) is 25.6 Å². The fraction of sp³-hybridized carbons (Fsp3) is 0.909. The van der Waals surface area contributed by atoms with Crippen molar-refractivity contribution in [3.05, 3.63) is 0 Å². The molecule has 7 nitrogen and oxygen atoms in total. The summed E-state index contributed by atoms with van der Waals surface area (Å²) in [7, 11) is -3.81. The molecule has 2 rings (SSSR count). The third kappa shape index (κ3) is 2.76. The summed E-state index contributed by atoms with van der Waals surface area (Å²) in [6.07, 6.45) is 1.61. The van der Waals surface area contributed by atoms with E-state index in [0.29, 0.717) is 6.54 Å². The fourth-order valence-electron chi connectivity index (χ4n) is 2.81. The van der Waals surface area contributed by atoms with Gasteiger partial charge in [-0.25, -0.2) is 0 Å². The highest BCUT2D eigenvalue weighted by Crippen LogP contribution is 2.28. The minimum Gasteiger partial charge on any atom is -0.480 e. The molecular weight excluding hydrogens is 272 g/mol. The molecule has 110 valence electrons. The van der Waals surface area contributed by atoms with E-state index in [2.05, 4.69) is 0 Å². The van der Waals surface area contributed by atoms with E-state index in [1.54, 1.807) is 0 Å². The van der Waals surface area contributed by atoms with E-state index in [0.717, 1.165) is 23.6 Å². The molecule has 0 saturated carbocycles. The molecule has 1 unspecified atom stereocenters. The van der Waals surface area contributed by atoms with Crippen LogP contribution in [0.2, 0.25) is 0 Å². The van der Waals surface area contributed by atoms with E-state index in [1.807, 2.05) is 6.92 Å². The van der Waals surface area contributed by atoms with Gasteiger partial charge in [-0.1, -0.05) is 6.42 Å². The lowest BCUT2D eigenvalue weighted by Gasteiger charge is -2.36. The normalized spacial score (nSPS) is 34.5. The van der Waals surface area contributed by atoms with Crippen molar-refractivity contribution in [1.29, 1.82) is 0 Å². The molecule has 2 N–H and O–H groups in total. The Kier molecular flexibility index (Phi) is 4.14. The van der Waals surface area contributed by atoms with Crippen molar-refractivity contribution in [3.63, 3.8) is 0 Å². The summed E-state index contributed by atoms with van der Waals surface area (Å²) in [4.78, 5) is 11.1. The summed E-state index contributed by atoms with van der Waals surface area (Å²) in [6, 6.07) is -1.28. The lowest BCUT2D eigenvalue weighted by atomic mass is 10.1. The molecule has 3 atom stereocenters. The van der Waals surface area contributed by atoms with Gasteiger partial charge in [-0.05, 0) is 19.8 Å². The van der Waals surface area contributed by atoms with Crippen molar-refractivity contribution in [1.82, 2.24) is 8.61 Å². The second-order valence-corrected chi connectivity index (χ2v) is 7.11. The number of rotatable bonds is 3. The van der Waals surface area contributed by atoms with Gasteiger partial charge in [0.2, 0.25) is 0 Å². The molecule has 0 bridgehead atoms. The summed E-state index contributed by atoms with van der Waals surface area (Å²) in [5.74, 6) is -1.20. The highest BCUT2D eigenvalue weighted by Gasteiger charge is 2.46. The average Bonchev–Trinajstić information content (AvgIpc) is 2.72. The number of carboxylic acids is 1. The smallest absolute Gasteiger partial charge is 0.322 e. The Bertz CT molecular complexity index is 452. The van der Waals surface area contributed by atoms with E-state index in [9.17, 15) is 18.3 Å². The van der Waals surface area contributed by atoms with Crippen LogP contribution in [-0.4, -0.2) is 64.5 Å². The minimum atomic E-state index is -3.81. The van der Waals surface area contributed by atoms with Crippen LogP contribution in [0, 0.1) is 0 Å². The third-order valence-electron chi connectivity index (χ3n) is 3.85. The number of piperidine rings is 1. The number of hydrogen-bond donors (Lipinski definition) is 2. The number of hydrogen-bond acceptors (Lipinski definition) is 4. The Hall–Kier alpha value is -0.700. The number of aliphatic hydroxyl groups excluding tert-OH is 1. The van der Waals surface area contributed by atoms with Crippen molar-refractivity contribution < 1.29 is 23.4 Å². The first-order valence-electron chi connectivity index (χ1n) is 6.53. The predicted molar refractivity (Wildman–Crippen MR) is 67.7 cm³/mol. The van der Waals surface area contributed by atoms with Gasteiger partial charge in [-0.2, -0.15) is 17.0 Å². The largest absolute Gasteiger partial charge is 0.480 e. The van der Waals surface area contributed by atoms with Gasteiger partial charge in [0.1, 0.15) is 6.04 Å². The van der Waals surface area contributed by atoms with Gasteiger partial charge in [0.15, 0.2) is 0 Å². The first-order valence-corrected chi connectivity index (χ1v) is 7.93. The van der Waals surface area contributed by atoms with Gasteiger partial charge in [0.25, 0.3) is 10.2 Å². The number of aliphatic hydroxyl groups is 1. The van der Waals surface area contributed by atoms with Crippen LogP contribution >= 0.6 is 0 Å². The van der Waals surface area contributed by atoms with Crippen molar-refractivity contribution in [2.75, 3.05) is 13.1 Å². The molecule has 2 saturated heterocycles. The second-order valence-electron chi connectivity index (χ2n) is 5.28. The molecule has 2 fully saturated rings. The van der Waals surface area contributed by atoms with Crippen LogP contribution in [-0.2, 0) is 15.0 Å². The molecule has 0 amide bonds. The summed E-state index contributed by atoms with van der Waals surface area (Å²) in [5, 5.41) is 18.7. The molecule has 2 aliphatic heterocycles. The Labute approximate surface area is 113 Å². The number of nitrogens with zero attached hydrogens (tertiary/aromatic N) is 2. The quantitative estimate of drug-likeness (QED) is 0.739. The lowest BCUT2D eigenvalue weighted by molar-refractivity contribution is -0.140. The molecule has 0 aromatic rings. The summed E-state index contributed by atoms with van der Waals surface area (Å²) in [6.45, 7) is 2.12. The van der Waals surface area contributed by atoms with Crippen molar-refractivity contribution in [2.24, 2.45) is 0 Å². The maximum atomic E-state index is 12.5. The number of carboxylic acid groups (broad SMARTS) is 1. The van der Waals surface area contributed by atoms with Crippen LogP contribution in [0.25, 0.3) is 0 Å². The Morgan fingerprint density at radius 2 is 1.95 bits per heavy atom. The molecule has 0 radical (unpaired) electrons. The zero-order valence-electron chi connectivity index (χ0n) is 10.9. The number of aliphatic carboxylic acids is 1. The maximum absolute atomic E-state index is 12.5. The van der Waals surface area contributed by atoms with Gasteiger partial charge >= 0.3 is 5.97 Å². The van der Waals surface area contributed by atoms with Crippen molar-refractivity contribution in [3.8, 4) is 0 Å². The van der Waals surface area contributed by atoms with Crippen LogP contribution in [0.5, 0.6) is 0 Å². The zero-order chi connectivity index (χ0) is 14.2. The van der Waals surface area contributed by atoms with Gasteiger partial charge in [0.05, 0.1) is 6.10 Å². The van der Waals surface area contributed by atoms with Crippen LogP contribution in [0.3, 0.4) is 0 Å². The highest BCUT2D eigenvalue weighted by atomic mass is 32.2. The number of carbonyl (C=O) groups is 1. The molecule has 2 heterocycles. The van der Waals surface area contributed by atoms with Gasteiger partial charge in [-0.3, -0.25) is 4.79 Å². The number of β-amino-alcohol motifs (C(OH)–C–C–N with tert-alkyl or cyclic N) is 1. The lowest BCUT2D eigenvalue weighted by Crippen LogP contribution is -2.52. The van der Waals surface area contributed by atoms with Gasteiger partial charge < -0.3 is 10.2 Å². The third-order valence-corrected chi connectivity index (χ3v) is 5.98. The standard InChI is InChI=1S/C11H20N2O5S/c1-8-4-2-3-5-12(8)19(17,18)13-7-9(14)6-10(13)11(15)16/h8-10,14H,2-7H2,1H3,(H,15,16)/t8?,9-,10-/m0/s1. The van der Waals surface area contributed by atoms with E-state index in [1.165, 1.54) is 4.31 Å². The highest BCUT2D eigenvalue weighted by molar-refractivity contribution is 7.86. The van der Waals surface area contributed by atoms with E-state index in [4.69, 9.17) is 5.11 Å². The Morgan fingerprint density at radius 1 is 1.26 bits per heavy atom. The van der Waals surface area contributed by atoms with E-state index < -0.39 is 28.3 Å². The Balaban J connectivity index is 2.25. The van der Waals surface area contributed by atoms with E-state index in [-0.39, 0.29) is 19.0 Å². The summed E-state index contributed by atoms with van der Waals surface area (Å²) >= 11 is 0. The molecule has 0 aromatic heterocycles. The van der Waals surface area contributed by atoms with Crippen LogP contribution < -0.4 is 0 Å². The van der Waals surface area contributed by atoms with Crippen LogP contribution in [0.15, 0.2) is 0 Å². The zero-order valence-corrected chi connectivity index (χ0v) is 11.7. The monoisotopic (exact) mass is 292 g/mol. The molecule has 0 spiro atoms. The topological polar surface area (TPSA) is 98.2 Å². The summed E-state index contributed by atoms with van der Waals surface area (Å²) in [5.41, 5.74) is 0. The van der Waals surface area contributed by atoms with Crippen molar-refractivity contribution >= 4 is 16.2 Å². The minimum absolute atomic E-state index is 0.0449. The molecule has 2 aliphatic rings.